The molecule has 4 rings (SSSR count). The van der Waals surface area contributed by atoms with E-state index in [0.717, 1.165) is 55.0 Å². The monoisotopic (exact) mass is 428 g/mol. The SMILES string of the molecule is COc1cccc(-c2ccccc2NC(=O)C2CCN(C[C@H](C)c3ccccc3)CC2)c1. The average molecular weight is 429 g/mol. The number of benzene rings is 3. The van der Waals surface area contributed by atoms with Crippen molar-refractivity contribution in [2.24, 2.45) is 5.92 Å². The Kier molecular flexibility index (Phi) is 7.23. The van der Waals surface area contributed by atoms with E-state index in [9.17, 15) is 4.79 Å². The fourth-order valence-electron chi connectivity index (χ4n) is 4.52. The Bertz CT molecular complexity index is 1030. The second-order valence-corrected chi connectivity index (χ2v) is 8.65. The molecule has 0 unspecified atom stereocenters. The number of hydrogen-bond acceptors (Lipinski definition) is 3. The van der Waals surface area contributed by atoms with Gasteiger partial charge in [0, 0.05) is 23.7 Å². The maximum Gasteiger partial charge on any atom is 0.227 e. The van der Waals surface area contributed by atoms with Crippen LogP contribution in [0.2, 0.25) is 0 Å². The van der Waals surface area contributed by atoms with E-state index in [1.165, 1.54) is 5.56 Å². The van der Waals surface area contributed by atoms with Gasteiger partial charge >= 0.3 is 0 Å². The molecule has 1 fully saturated rings. The lowest BCUT2D eigenvalue weighted by atomic mass is 9.93. The Labute approximate surface area is 191 Å². The third-order valence-corrected chi connectivity index (χ3v) is 6.42. The molecule has 1 heterocycles. The van der Waals surface area contributed by atoms with E-state index in [1.54, 1.807) is 7.11 Å². The average Bonchev–Trinajstić information content (AvgIpc) is 2.85. The minimum atomic E-state index is 0.0525. The Morgan fingerprint density at radius 3 is 2.47 bits per heavy atom. The van der Waals surface area contributed by atoms with E-state index in [2.05, 4.69) is 47.5 Å². The summed E-state index contributed by atoms with van der Waals surface area (Å²) in [6, 6.07) is 26.6. The van der Waals surface area contributed by atoms with Gasteiger partial charge in [-0.3, -0.25) is 4.79 Å². The summed E-state index contributed by atoms with van der Waals surface area (Å²) in [5, 5.41) is 3.20. The van der Waals surface area contributed by atoms with Gasteiger partial charge in [-0.15, -0.1) is 0 Å². The van der Waals surface area contributed by atoms with Gasteiger partial charge in [0.15, 0.2) is 0 Å². The number of para-hydroxylation sites is 1. The van der Waals surface area contributed by atoms with Crippen LogP contribution in [0.25, 0.3) is 11.1 Å². The smallest absolute Gasteiger partial charge is 0.227 e. The third-order valence-electron chi connectivity index (χ3n) is 6.42. The number of carbonyl (C=O) groups excluding carboxylic acids is 1. The summed E-state index contributed by atoms with van der Waals surface area (Å²) in [5.74, 6) is 1.48. The van der Waals surface area contributed by atoms with Gasteiger partial charge in [0.25, 0.3) is 0 Å². The van der Waals surface area contributed by atoms with Gasteiger partial charge in [-0.25, -0.2) is 0 Å². The van der Waals surface area contributed by atoms with Crippen LogP contribution in [-0.4, -0.2) is 37.6 Å². The highest BCUT2D eigenvalue weighted by atomic mass is 16.5. The molecule has 3 aromatic carbocycles. The molecule has 32 heavy (non-hydrogen) atoms. The van der Waals surface area contributed by atoms with Crippen molar-refractivity contribution in [3.05, 3.63) is 84.4 Å². The zero-order valence-electron chi connectivity index (χ0n) is 19.0. The number of likely N-dealkylation sites (tertiary alicyclic amines) is 1. The standard InChI is InChI=1S/C28H32N2O2/c1-21(22-9-4-3-5-10-22)20-30-17-15-23(16-18-30)28(31)29-27-14-7-6-13-26(27)24-11-8-12-25(19-24)32-2/h3-14,19,21,23H,15-18,20H2,1-2H3,(H,29,31)/t21-/m0/s1. The maximum atomic E-state index is 13.1. The van der Waals surface area contributed by atoms with Crippen molar-refractivity contribution in [3.8, 4) is 16.9 Å². The molecule has 1 aliphatic rings. The Morgan fingerprint density at radius 1 is 1.00 bits per heavy atom. The molecule has 166 valence electrons. The van der Waals surface area contributed by atoms with E-state index >= 15 is 0 Å². The van der Waals surface area contributed by atoms with E-state index in [4.69, 9.17) is 4.74 Å². The topological polar surface area (TPSA) is 41.6 Å². The molecule has 4 nitrogen and oxygen atoms in total. The molecule has 0 bridgehead atoms. The van der Waals surface area contributed by atoms with Crippen LogP contribution in [0.5, 0.6) is 5.75 Å². The zero-order chi connectivity index (χ0) is 22.3. The molecule has 1 atom stereocenters. The second kappa shape index (κ2) is 10.5. The van der Waals surface area contributed by atoms with Crippen molar-refractivity contribution in [1.82, 2.24) is 4.90 Å². The summed E-state index contributed by atoms with van der Waals surface area (Å²) in [6.07, 6.45) is 1.79. The fourth-order valence-corrected chi connectivity index (χ4v) is 4.52. The van der Waals surface area contributed by atoms with Gasteiger partial charge in [0.1, 0.15) is 5.75 Å². The molecule has 1 amide bonds. The number of piperidine rings is 1. The molecule has 0 aliphatic carbocycles. The highest BCUT2D eigenvalue weighted by molar-refractivity contribution is 5.96. The first-order chi connectivity index (χ1) is 15.6. The van der Waals surface area contributed by atoms with Crippen molar-refractivity contribution in [1.29, 1.82) is 0 Å². The minimum Gasteiger partial charge on any atom is -0.497 e. The molecule has 3 aromatic rings. The van der Waals surface area contributed by atoms with Gasteiger partial charge < -0.3 is 15.0 Å². The number of carbonyl (C=O) groups is 1. The summed E-state index contributed by atoms with van der Waals surface area (Å²) >= 11 is 0. The fraction of sp³-hybridized carbons (Fsp3) is 0.321. The van der Waals surface area contributed by atoms with Crippen LogP contribution in [0.15, 0.2) is 78.9 Å². The van der Waals surface area contributed by atoms with Crippen LogP contribution in [0.3, 0.4) is 0 Å². The van der Waals surface area contributed by atoms with Crippen molar-refractivity contribution < 1.29 is 9.53 Å². The number of amides is 1. The Morgan fingerprint density at radius 2 is 1.72 bits per heavy atom. The van der Waals surface area contributed by atoms with Crippen LogP contribution in [-0.2, 0) is 4.79 Å². The first-order valence-electron chi connectivity index (χ1n) is 11.5. The number of nitrogens with one attached hydrogen (secondary N) is 1. The van der Waals surface area contributed by atoms with Crippen LogP contribution in [0, 0.1) is 5.92 Å². The van der Waals surface area contributed by atoms with Gasteiger partial charge in [0.2, 0.25) is 5.91 Å². The molecule has 1 aliphatic heterocycles. The quantitative estimate of drug-likeness (QED) is 0.516. The van der Waals surface area contributed by atoms with Crippen LogP contribution in [0.1, 0.15) is 31.2 Å². The lowest BCUT2D eigenvalue weighted by molar-refractivity contribution is -0.121. The van der Waals surface area contributed by atoms with Gasteiger partial charge in [-0.2, -0.15) is 0 Å². The van der Waals surface area contributed by atoms with Crippen LogP contribution >= 0.6 is 0 Å². The summed E-state index contributed by atoms with van der Waals surface area (Å²) < 4.78 is 5.37. The molecule has 1 saturated heterocycles. The second-order valence-electron chi connectivity index (χ2n) is 8.65. The van der Waals surface area contributed by atoms with E-state index < -0.39 is 0 Å². The van der Waals surface area contributed by atoms with E-state index in [1.807, 2.05) is 48.5 Å². The van der Waals surface area contributed by atoms with Crippen molar-refractivity contribution >= 4 is 11.6 Å². The number of anilines is 1. The van der Waals surface area contributed by atoms with Crippen molar-refractivity contribution in [3.63, 3.8) is 0 Å². The van der Waals surface area contributed by atoms with Crippen LogP contribution in [0.4, 0.5) is 5.69 Å². The Balaban J connectivity index is 1.36. The Hall–Kier alpha value is -3.11. The molecule has 0 saturated carbocycles. The highest BCUT2D eigenvalue weighted by Gasteiger charge is 2.26. The minimum absolute atomic E-state index is 0.0525. The molecular weight excluding hydrogens is 396 g/mol. The number of methoxy groups -OCH3 is 1. The number of ether oxygens (including phenoxy) is 1. The molecular formula is C28H32N2O2. The lowest BCUT2D eigenvalue weighted by Gasteiger charge is -2.33. The van der Waals surface area contributed by atoms with E-state index in [-0.39, 0.29) is 11.8 Å². The molecule has 0 radical (unpaired) electrons. The van der Waals surface area contributed by atoms with Gasteiger partial charge in [0.05, 0.1) is 7.11 Å². The maximum absolute atomic E-state index is 13.1. The lowest BCUT2D eigenvalue weighted by Crippen LogP contribution is -2.39. The molecule has 4 heteroatoms. The number of nitrogens with zero attached hydrogens (tertiary/aromatic N) is 1. The van der Waals surface area contributed by atoms with E-state index in [0.29, 0.717) is 5.92 Å². The first-order valence-corrected chi connectivity index (χ1v) is 11.5. The third kappa shape index (κ3) is 5.38. The normalized spacial score (nSPS) is 15.8. The predicted molar refractivity (Wildman–Crippen MR) is 131 cm³/mol. The summed E-state index contributed by atoms with van der Waals surface area (Å²) in [5.41, 5.74) is 4.27. The van der Waals surface area contributed by atoms with Crippen molar-refractivity contribution in [2.45, 2.75) is 25.7 Å². The molecule has 0 aromatic heterocycles. The van der Waals surface area contributed by atoms with Crippen molar-refractivity contribution in [2.75, 3.05) is 32.1 Å². The van der Waals surface area contributed by atoms with Crippen LogP contribution < -0.4 is 10.1 Å². The summed E-state index contributed by atoms with van der Waals surface area (Å²) in [6.45, 7) is 5.25. The summed E-state index contributed by atoms with van der Waals surface area (Å²) in [4.78, 5) is 15.6. The number of rotatable bonds is 7. The largest absolute Gasteiger partial charge is 0.497 e. The first kappa shape index (κ1) is 22.1. The van der Waals surface area contributed by atoms with Gasteiger partial charge in [-0.1, -0.05) is 67.6 Å². The van der Waals surface area contributed by atoms with Gasteiger partial charge in [-0.05, 0) is 61.2 Å². The predicted octanol–water partition coefficient (Wildman–Crippen LogP) is 5.82. The summed E-state index contributed by atoms with van der Waals surface area (Å²) in [7, 11) is 1.67. The highest BCUT2D eigenvalue weighted by Crippen LogP contribution is 2.31. The zero-order valence-corrected chi connectivity index (χ0v) is 19.0. The molecule has 0 spiro atoms. The number of hydrogen-bond donors (Lipinski definition) is 1. The molecule has 1 N–H and O–H groups in total.